The van der Waals surface area contributed by atoms with Gasteiger partial charge >= 0.3 is 0 Å². The number of furan rings is 1. The monoisotopic (exact) mass is 380 g/mol. The third-order valence-corrected chi connectivity index (χ3v) is 4.56. The number of benzene rings is 2. The quantitative estimate of drug-likeness (QED) is 0.448. The fourth-order valence-electron chi connectivity index (χ4n) is 3.07. The van der Waals surface area contributed by atoms with Gasteiger partial charge in [-0.3, -0.25) is 0 Å². The summed E-state index contributed by atoms with van der Waals surface area (Å²) in [5.74, 6) is -1.17. The summed E-state index contributed by atoms with van der Waals surface area (Å²) in [5, 5.41) is 9.98. The van der Waals surface area contributed by atoms with Crippen LogP contribution in [0.5, 0.6) is 5.75 Å². The summed E-state index contributed by atoms with van der Waals surface area (Å²) >= 11 is 0. The van der Waals surface area contributed by atoms with Crippen LogP contribution in [0.2, 0.25) is 0 Å². The van der Waals surface area contributed by atoms with Crippen LogP contribution in [0.1, 0.15) is 18.2 Å². The van der Waals surface area contributed by atoms with E-state index in [1.165, 1.54) is 12.1 Å². The van der Waals surface area contributed by atoms with Crippen LogP contribution in [-0.4, -0.2) is 15.1 Å². The molecule has 2 heterocycles. The number of aromatic amines is 1. The van der Waals surface area contributed by atoms with Gasteiger partial charge in [0, 0.05) is 23.7 Å². The number of hydrogen-bond donors (Lipinski definition) is 2. The highest BCUT2D eigenvalue weighted by atomic mass is 19.3. The van der Waals surface area contributed by atoms with E-state index in [9.17, 15) is 13.9 Å². The van der Waals surface area contributed by atoms with Gasteiger partial charge in [-0.05, 0) is 31.2 Å². The predicted molar refractivity (Wildman–Crippen MR) is 103 cm³/mol. The maximum Gasteiger partial charge on any atom is 0.270 e. The second-order valence-corrected chi connectivity index (χ2v) is 6.71. The van der Waals surface area contributed by atoms with E-state index < -0.39 is 5.92 Å². The summed E-state index contributed by atoms with van der Waals surface area (Å²) in [6, 6.07) is 16.5. The van der Waals surface area contributed by atoms with Gasteiger partial charge in [-0.1, -0.05) is 36.4 Å². The molecule has 4 rings (SSSR count). The zero-order valence-electron chi connectivity index (χ0n) is 15.3. The summed E-state index contributed by atoms with van der Waals surface area (Å²) in [5.41, 5.74) is 2.75. The number of nitrogens with one attached hydrogen (secondary N) is 1. The number of phenols is 1. The summed E-state index contributed by atoms with van der Waals surface area (Å²) < 4.78 is 32.7. The second-order valence-electron chi connectivity index (χ2n) is 6.71. The summed E-state index contributed by atoms with van der Waals surface area (Å²) in [4.78, 5) is 7.74. The molecule has 0 unspecified atom stereocenters. The van der Waals surface area contributed by atoms with Crippen molar-refractivity contribution >= 4 is 0 Å². The van der Waals surface area contributed by atoms with Crippen molar-refractivity contribution in [2.24, 2.45) is 0 Å². The molecule has 4 nitrogen and oxygen atoms in total. The van der Waals surface area contributed by atoms with Gasteiger partial charge in [-0.25, -0.2) is 13.8 Å². The molecule has 2 aromatic heterocycles. The molecule has 142 valence electrons. The summed E-state index contributed by atoms with van der Waals surface area (Å²) in [6.45, 7) is 2.74. The molecule has 0 aliphatic rings. The summed E-state index contributed by atoms with van der Waals surface area (Å²) in [7, 11) is 0. The van der Waals surface area contributed by atoms with Crippen molar-refractivity contribution in [1.82, 2.24) is 9.97 Å². The zero-order chi connectivity index (χ0) is 19.9. The molecule has 0 saturated carbocycles. The van der Waals surface area contributed by atoms with Gasteiger partial charge in [0.2, 0.25) is 0 Å². The molecule has 4 aromatic rings. The van der Waals surface area contributed by atoms with Crippen LogP contribution in [0.4, 0.5) is 8.78 Å². The standard InChI is InChI=1S/C22H18F2N2O2/c1-13-20(14-7-9-15(10-8-14)22(2,23)24)26-21(25-13)19-12-11-18(28-19)16-5-3-4-6-17(16)27/h3-12,27H,1-2H3,(H,25,26). The molecule has 0 saturated heterocycles. The number of imidazole rings is 1. The van der Waals surface area contributed by atoms with Crippen LogP contribution < -0.4 is 0 Å². The van der Waals surface area contributed by atoms with E-state index in [4.69, 9.17) is 4.42 Å². The third-order valence-electron chi connectivity index (χ3n) is 4.56. The maximum atomic E-state index is 13.4. The zero-order valence-corrected chi connectivity index (χ0v) is 15.3. The first-order chi connectivity index (χ1) is 13.3. The number of nitrogens with zero attached hydrogens (tertiary/aromatic N) is 1. The Labute approximate surface area is 160 Å². The SMILES string of the molecule is Cc1[nH]c(-c2ccc(-c3ccccc3O)o2)nc1-c1ccc(C(C)(F)F)cc1. The Hall–Kier alpha value is -3.41. The number of halogens is 2. The molecular formula is C22H18F2N2O2. The third kappa shape index (κ3) is 3.29. The van der Waals surface area contributed by atoms with Crippen molar-refractivity contribution in [2.45, 2.75) is 19.8 Å². The molecule has 0 aliphatic carbocycles. The van der Waals surface area contributed by atoms with E-state index in [2.05, 4.69) is 9.97 Å². The van der Waals surface area contributed by atoms with E-state index in [1.54, 1.807) is 42.5 Å². The summed E-state index contributed by atoms with van der Waals surface area (Å²) in [6.07, 6.45) is 0. The Kier molecular flexibility index (Phi) is 4.26. The van der Waals surface area contributed by atoms with Crippen LogP contribution in [0, 0.1) is 6.92 Å². The highest BCUT2D eigenvalue weighted by Crippen LogP contribution is 2.34. The minimum Gasteiger partial charge on any atom is -0.507 e. The van der Waals surface area contributed by atoms with Gasteiger partial charge in [0.15, 0.2) is 11.6 Å². The van der Waals surface area contributed by atoms with Gasteiger partial charge in [0.25, 0.3) is 5.92 Å². The van der Waals surface area contributed by atoms with Gasteiger partial charge in [0.1, 0.15) is 11.5 Å². The lowest BCUT2D eigenvalue weighted by molar-refractivity contribution is 0.0175. The van der Waals surface area contributed by atoms with Gasteiger partial charge < -0.3 is 14.5 Å². The van der Waals surface area contributed by atoms with E-state index in [-0.39, 0.29) is 11.3 Å². The molecule has 0 atom stereocenters. The molecule has 0 spiro atoms. The maximum absolute atomic E-state index is 13.4. The Morgan fingerprint density at radius 1 is 0.964 bits per heavy atom. The van der Waals surface area contributed by atoms with E-state index in [0.29, 0.717) is 28.6 Å². The average molecular weight is 380 g/mol. The van der Waals surface area contributed by atoms with Crippen LogP contribution in [0.25, 0.3) is 34.2 Å². The lowest BCUT2D eigenvalue weighted by Gasteiger charge is -2.10. The van der Waals surface area contributed by atoms with Crippen LogP contribution >= 0.6 is 0 Å². The Bertz CT molecular complexity index is 1120. The average Bonchev–Trinajstić information content (AvgIpc) is 3.28. The number of H-pyrrole nitrogens is 1. The largest absolute Gasteiger partial charge is 0.507 e. The lowest BCUT2D eigenvalue weighted by atomic mass is 10.0. The molecule has 2 aromatic carbocycles. The minimum absolute atomic E-state index is 0.0389. The Balaban J connectivity index is 1.66. The number of hydrogen-bond acceptors (Lipinski definition) is 3. The fourth-order valence-corrected chi connectivity index (χ4v) is 3.07. The van der Waals surface area contributed by atoms with Crippen molar-refractivity contribution in [3.63, 3.8) is 0 Å². The molecule has 0 bridgehead atoms. The lowest BCUT2D eigenvalue weighted by Crippen LogP contribution is -2.06. The van der Waals surface area contributed by atoms with Crippen molar-refractivity contribution in [3.05, 3.63) is 71.9 Å². The topological polar surface area (TPSA) is 62.0 Å². The number of phenolic OH excluding ortho intramolecular Hbond substituents is 1. The number of para-hydroxylation sites is 1. The molecule has 0 radical (unpaired) electrons. The Morgan fingerprint density at radius 3 is 2.32 bits per heavy atom. The first-order valence-corrected chi connectivity index (χ1v) is 8.77. The number of alkyl halides is 2. The van der Waals surface area contributed by atoms with E-state index in [1.807, 2.05) is 13.0 Å². The minimum atomic E-state index is -2.88. The number of rotatable bonds is 4. The van der Waals surface area contributed by atoms with E-state index in [0.717, 1.165) is 18.2 Å². The van der Waals surface area contributed by atoms with Crippen molar-refractivity contribution in [2.75, 3.05) is 0 Å². The van der Waals surface area contributed by atoms with Gasteiger partial charge in [-0.15, -0.1) is 0 Å². The van der Waals surface area contributed by atoms with Crippen LogP contribution in [-0.2, 0) is 5.92 Å². The Morgan fingerprint density at radius 2 is 1.64 bits per heavy atom. The molecule has 2 N–H and O–H groups in total. The van der Waals surface area contributed by atoms with Crippen molar-refractivity contribution in [1.29, 1.82) is 0 Å². The molecule has 28 heavy (non-hydrogen) atoms. The van der Waals surface area contributed by atoms with Crippen LogP contribution in [0.3, 0.4) is 0 Å². The van der Waals surface area contributed by atoms with Gasteiger partial charge in [-0.2, -0.15) is 0 Å². The molecule has 0 aliphatic heterocycles. The van der Waals surface area contributed by atoms with Gasteiger partial charge in [0.05, 0.1) is 11.3 Å². The first kappa shape index (κ1) is 18.0. The first-order valence-electron chi connectivity index (χ1n) is 8.77. The molecule has 6 heteroatoms. The molecular weight excluding hydrogens is 362 g/mol. The molecule has 0 amide bonds. The number of aromatic hydroxyl groups is 1. The van der Waals surface area contributed by atoms with E-state index >= 15 is 0 Å². The molecule has 0 fully saturated rings. The normalized spacial score (nSPS) is 11.7. The second kappa shape index (κ2) is 6.64. The van der Waals surface area contributed by atoms with Crippen molar-refractivity contribution < 1.29 is 18.3 Å². The number of aromatic nitrogens is 2. The highest BCUT2D eigenvalue weighted by Gasteiger charge is 2.24. The smallest absolute Gasteiger partial charge is 0.270 e. The van der Waals surface area contributed by atoms with Crippen molar-refractivity contribution in [3.8, 4) is 39.9 Å². The number of aryl methyl sites for hydroxylation is 1. The fraction of sp³-hybridized carbons (Fsp3) is 0.136. The predicted octanol–water partition coefficient (Wildman–Crippen LogP) is 6.13. The van der Waals surface area contributed by atoms with Crippen LogP contribution in [0.15, 0.2) is 65.1 Å². The highest BCUT2D eigenvalue weighted by molar-refractivity contribution is 5.69.